The molecule has 26 heavy (non-hydrogen) atoms. The minimum Gasteiger partial charge on any atom is -0.378 e. The van der Waals surface area contributed by atoms with Gasteiger partial charge in [-0.25, -0.2) is 0 Å². The van der Waals surface area contributed by atoms with Crippen molar-refractivity contribution in [1.29, 1.82) is 0 Å². The largest absolute Gasteiger partial charge is 0.378 e. The van der Waals surface area contributed by atoms with Crippen LogP contribution in [0.2, 0.25) is 0 Å². The molecule has 0 aliphatic rings. The van der Waals surface area contributed by atoms with Gasteiger partial charge in [-0.05, 0) is 7.05 Å². The molecule has 0 spiro atoms. The second-order valence-corrected chi connectivity index (χ2v) is 5.03. The summed E-state index contributed by atoms with van der Waals surface area (Å²) in [6.45, 7) is 8.43. The first-order valence-electron chi connectivity index (χ1n) is 9.04. The van der Waals surface area contributed by atoms with Crippen molar-refractivity contribution < 1.29 is 33.2 Å². The lowest BCUT2D eigenvalue weighted by atomic mass is 10.6. The zero-order chi connectivity index (χ0) is 19.0. The van der Waals surface area contributed by atoms with Crippen LogP contribution >= 0.6 is 0 Å². The molecular formula is C18H35NO7. The molecule has 0 rings (SSSR count). The van der Waals surface area contributed by atoms with Gasteiger partial charge in [0.1, 0.15) is 6.61 Å². The fraction of sp³-hybridized carbons (Fsp3) is 0.889. The van der Waals surface area contributed by atoms with Gasteiger partial charge in [0.2, 0.25) is 0 Å². The normalized spacial score (nSPS) is 10.9. The van der Waals surface area contributed by atoms with Gasteiger partial charge in [0.15, 0.2) is 0 Å². The molecule has 1 N–H and O–H groups in total. The lowest BCUT2D eigenvalue weighted by Gasteiger charge is -2.08. The van der Waals surface area contributed by atoms with Crippen molar-refractivity contribution in [1.82, 2.24) is 5.32 Å². The van der Waals surface area contributed by atoms with Crippen LogP contribution in [0.3, 0.4) is 0 Å². The zero-order valence-electron chi connectivity index (χ0n) is 16.0. The Morgan fingerprint density at radius 3 is 1.15 bits per heavy atom. The van der Waals surface area contributed by atoms with Crippen LogP contribution in [0.1, 0.15) is 0 Å². The van der Waals surface area contributed by atoms with E-state index in [1.807, 2.05) is 7.05 Å². The monoisotopic (exact) mass is 377 g/mol. The molecule has 0 aliphatic carbocycles. The number of nitrogens with one attached hydrogen (secondary N) is 1. The van der Waals surface area contributed by atoms with E-state index in [4.69, 9.17) is 39.6 Å². The van der Waals surface area contributed by atoms with Crippen molar-refractivity contribution in [3.8, 4) is 12.3 Å². The Morgan fingerprint density at radius 2 is 0.846 bits per heavy atom. The Bertz CT molecular complexity index is 300. The summed E-state index contributed by atoms with van der Waals surface area (Å²) >= 11 is 0. The maximum Gasteiger partial charge on any atom is 0.107 e. The molecule has 0 saturated heterocycles. The van der Waals surface area contributed by atoms with Crippen LogP contribution < -0.4 is 5.32 Å². The summed E-state index contributed by atoms with van der Waals surface area (Å²) in [4.78, 5) is 0. The molecule has 8 heteroatoms. The summed E-state index contributed by atoms with van der Waals surface area (Å²) in [5.41, 5.74) is 0. The molecule has 0 unspecified atom stereocenters. The van der Waals surface area contributed by atoms with Gasteiger partial charge in [0.25, 0.3) is 0 Å². The Balaban J connectivity index is 2.96. The first-order valence-corrected chi connectivity index (χ1v) is 9.04. The van der Waals surface area contributed by atoms with Crippen molar-refractivity contribution in [2.24, 2.45) is 0 Å². The molecular weight excluding hydrogens is 342 g/mol. The maximum atomic E-state index is 5.39. The van der Waals surface area contributed by atoms with Crippen LogP contribution in [0.5, 0.6) is 0 Å². The molecule has 0 saturated carbocycles. The lowest BCUT2D eigenvalue weighted by Crippen LogP contribution is -2.17. The number of hydrogen-bond acceptors (Lipinski definition) is 8. The van der Waals surface area contributed by atoms with Gasteiger partial charge in [-0.1, -0.05) is 5.92 Å². The van der Waals surface area contributed by atoms with Gasteiger partial charge in [0, 0.05) is 6.54 Å². The summed E-state index contributed by atoms with van der Waals surface area (Å²) in [6, 6.07) is 0. The summed E-state index contributed by atoms with van der Waals surface area (Å²) in [5, 5.41) is 3.01. The van der Waals surface area contributed by atoms with E-state index < -0.39 is 0 Å². The predicted molar refractivity (Wildman–Crippen MR) is 98.5 cm³/mol. The third kappa shape index (κ3) is 23.2. The third-order valence-electron chi connectivity index (χ3n) is 2.91. The highest BCUT2D eigenvalue weighted by Gasteiger charge is 1.94. The van der Waals surface area contributed by atoms with E-state index in [0.717, 1.165) is 6.54 Å². The van der Waals surface area contributed by atoms with Crippen molar-refractivity contribution in [3.63, 3.8) is 0 Å². The van der Waals surface area contributed by atoms with Crippen LogP contribution in [-0.4, -0.2) is 106 Å². The average molecular weight is 377 g/mol. The second-order valence-electron chi connectivity index (χ2n) is 5.03. The van der Waals surface area contributed by atoms with Gasteiger partial charge in [0.05, 0.1) is 85.9 Å². The van der Waals surface area contributed by atoms with Crippen molar-refractivity contribution in [2.45, 2.75) is 0 Å². The fourth-order valence-electron chi connectivity index (χ4n) is 1.62. The van der Waals surface area contributed by atoms with Gasteiger partial charge >= 0.3 is 0 Å². The van der Waals surface area contributed by atoms with Crippen LogP contribution in [0.15, 0.2) is 0 Å². The first-order chi connectivity index (χ1) is 12.9. The molecule has 0 atom stereocenters. The quantitative estimate of drug-likeness (QED) is 0.208. The van der Waals surface area contributed by atoms with Gasteiger partial charge in [-0.2, -0.15) is 0 Å². The second kappa shape index (κ2) is 24.2. The average Bonchev–Trinajstić information content (AvgIpc) is 2.66. The lowest BCUT2D eigenvalue weighted by molar-refractivity contribution is -0.0195. The van der Waals surface area contributed by atoms with E-state index in [2.05, 4.69) is 11.2 Å². The van der Waals surface area contributed by atoms with Gasteiger partial charge < -0.3 is 38.5 Å². The fourth-order valence-corrected chi connectivity index (χ4v) is 1.62. The van der Waals surface area contributed by atoms with Crippen molar-refractivity contribution in [3.05, 3.63) is 0 Å². The SMILES string of the molecule is C#CCOCCOCCOCCOCCOCCOCCOCCNC. The number of likely N-dealkylation sites (N-methyl/N-ethyl adjacent to an activating group) is 1. The van der Waals surface area contributed by atoms with E-state index in [1.165, 1.54) is 0 Å². The highest BCUT2D eigenvalue weighted by Crippen LogP contribution is 1.85. The van der Waals surface area contributed by atoms with E-state index >= 15 is 0 Å². The minimum atomic E-state index is 0.320. The van der Waals surface area contributed by atoms with Crippen LogP contribution in [0.4, 0.5) is 0 Å². The molecule has 0 heterocycles. The van der Waals surface area contributed by atoms with E-state index in [1.54, 1.807) is 0 Å². The standard InChI is InChI=1S/C18H35NO7/c1-3-5-20-7-9-22-11-13-24-15-17-26-18-16-25-14-12-23-10-8-21-6-4-19-2/h1,19H,4-18H2,2H3. The molecule has 0 amide bonds. The summed E-state index contributed by atoms with van der Waals surface area (Å²) in [6.07, 6.45) is 5.05. The summed E-state index contributed by atoms with van der Waals surface area (Å²) in [5.74, 6) is 2.39. The van der Waals surface area contributed by atoms with Crippen LogP contribution in [0.25, 0.3) is 0 Å². The van der Waals surface area contributed by atoms with Crippen LogP contribution in [0, 0.1) is 12.3 Å². The zero-order valence-corrected chi connectivity index (χ0v) is 16.0. The Labute approximate surface area is 157 Å². The molecule has 154 valence electrons. The van der Waals surface area contributed by atoms with E-state index in [-0.39, 0.29) is 0 Å². The van der Waals surface area contributed by atoms with Crippen molar-refractivity contribution in [2.75, 3.05) is 106 Å². The number of terminal acetylenes is 1. The Kier molecular flexibility index (Phi) is 23.5. The Hall–Kier alpha value is -0.760. The molecule has 8 nitrogen and oxygen atoms in total. The first kappa shape index (κ1) is 25.2. The van der Waals surface area contributed by atoms with Crippen molar-refractivity contribution >= 4 is 0 Å². The topological polar surface area (TPSA) is 76.6 Å². The number of rotatable bonds is 22. The predicted octanol–water partition coefficient (Wildman–Crippen LogP) is -0.0448. The molecule has 0 fully saturated rings. The highest BCUT2D eigenvalue weighted by molar-refractivity contribution is 4.82. The van der Waals surface area contributed by atoms with Gasteiger partial charge in [-0.15, -0.1) is 6.42 Å². The molecule has 0 aromatic rings. The molecule has 0 aromatic heterocycles. The maximum absolute atomic E-state index is 5.39. The molecule has 0 radical (unpaired) electrons. The van der Waals surface area contributed by atoms with Gasteiger partial charge in [-0.3, -0.25) is 0 Å². The molecule has 0 aromatic carbocycles. The number of hydrogen-bond donors (Lipinski definition) is 1. The third-order valence-corrected chi connectivity index (χ3v) is 2.91. The smallest absolute Gasteiger partial charge is 0.107 e. The number of ether oxygens (including phenoxy) is 7. The summed E-state index contributed by atoms with van der Waals surface area (Å²) in [7, 11) is 1.89. The van der Waals surface area contributed by atoms with E-state index in [9.17, 15) is 0 Å². The molecule has 0 bridgehead atoms. The van der Waals surface area contributed by atoms with Crippen LogP contribution in [-0.2, 0) is 33.2 Å². The summed E-state index contributed by atoms with van der Waals surface area (Å²) < 4.78 is 37.2. The van der Waals surface area contributed by atoms with E-state index in [0.29, 0.717) is 92.5 Å². The molecule has 0 aliphatic heterocycles. The highest BCUT2D eigenvalue weighted by atomic mass is 16.6. The minimum absolute atomic E-state index is 0.320. The Morgan fingerprint density at radius 1 is 0.538 bits per heavy atom.